The fraction of sp³-hybridized carbons (Fsp3) is 0.250. The van der Waals surface area contributed by atoms with E-state index in [9.17, 15) is 9.50 Å². The summed E-state index contributed by atoms with van der Waals surface area (Å²) in [5, 5.41) is 10.4. The van der Waals surface area contributed by atoms with Gasteiger partial charge in [-0.1, -0.05) is 29.8 Å². The first-order chi connectivity index (χ1) is 9.65. The fourth-order valence-corrected chi connectivity index (χ4v) is 2.88. The minimum Gasteiger partial charge on any atom is -0.508 e. The van der Waals surface area contributed by atoms with Crippen molar-refractivity contribution >= 4 is 11.6 Å². The van der Waals surface area contributed by atoms with Crippen LogP contribution in [0, 0.1) is 5.82 Å². The highest BCUT2D eigenvalue weighted by molar-refractivity contribution is 6.31. The van der Waals surface area contributed by atoms with Gasteiger partial charge in [-0.2, -0.15) is 0 Å². The second kappa shape index (κ2) is 5.43. The number of hydrogen-bond donors (Lipinski definition) is 1. The number of aromatic hydroxyl groups is 1. The normalized spacial score (nSPS) is 15.1. The third-order valence-electron chi connectivity index (χ3n) is 3.77. The molecular formula is C16H15ClFNO. The van der Waals surface area contributed by atoms with E-state index in [0.717, 1.165) is 18.5 Å². The van der Waals surface area contributed by atoms with Gasteiger partial charge in [0.25, 0.3) is 0 Å². The molecule has 2 aromatic carbocycles. The molecule has 0 fully saturated rings. The molecule has 3 rings (SSSR count). The molecule has 0 aromatic heterocycles. The summed E-state index contributed by atoms with van der Waals surface area (Å²) in [6.07, 6.45) is 0.857. The molecule has 0 atom stereocenters. The summed E-state index contributed by atoms with van der Waals surface area (Å²) < 4.78 is 13.8. The van der Waals surface area contributed by atoms with Gasteiger partial charge in [-0.05, 0) is 30.2 Å². The first kappa shape index (κ1) is 13.4. The number of halogens is 2. The van der Waals surface area contributed by atoms with E-state index in [4.69, 9.17) is 11.6 Å². The maximum absolute atomic E-state index is 13.8. The zero-order chi connectivity index (χ0) is 14.1. The number of nitrogens with zero attached hydrogens (tertiary/aromatic N) is 1. The van der Waals surface area contributed by atoms with Crippen molar-refractivity contribution in [3.63, 3.8) is 0 Å². The van der Waals surface area contributed by atoms with Crippen molar-refractivity contribution in [2.45, 2.75) is 19.5 Å². The summed E-state index contributed by atoms with van der Waals surface area (Å²) in [6, 6.07) is 10.3. The lowest BCUT2D eigenvalue weighted by Crippen LogP contribution is -2.30. The molecule has 1 aliphatic heterocycles. The van der Waals surface area contributed by atoms with Crippen LogP contribution in [0.5, 0.6) is 5.75 Å². The summed E-state index contributed by atoms with van der Waals surface area (Å²) >= 11 is 6.06. The Kier molecular flexibility index (Phi) is 3.64. The molecule has 0 spiro atoms. The van der Waals surface area contributed by atoms with E-state index in [2.05, 4.69) is 4.90 Å². The van der Waals surface area contributed by atoms with E-state index in [1.54, 1.807) is 18.2 Å². The van der Waals surface area contributed by atoms with Gasteiger partial charge in [-0.3, -0.25) is 4.90 Å². The van der Waals surface area contributed by atoms with Crippen LogP contribution < -0.4 is 0 Å². The van der Waals surface area contributed by atoms with Gasteiger partial charge < -0.3 is 5.11 Å². The van der Waals surface area contributed by atoms with Crippen LogP contribution in [0.15, 0.2) is 36.4 Å². The summed E-state index contributed by atoms with van der Waals surface area (Å²) in [7, 11) is 0. The average Bonchev–Trinajstić information content (AvgIpc) is 2.44. The summed E-state index contributed by atoms with van der Waals surface area (Å²) in [4.78, 5) is 2.10. The Hall–Kier alpha value is -1.58. The zero-order valence-electron chi connectivity index (χ0n) is 10.9. The molecule has 20 heavy (non-hydrogen) atoms. The number of benzene rings is 2. The number of rotatable bonds is 2. The van der Waals surface area contributed by atoms with Gasteiger partial charge in [0.15, 0.2) is 0 Å². The quantitative estimate of drug-likeness (QED) is 0.911. The van der Waals surface area contributed by atoms with Gasteiger partial charge in [-0.25, -0.2) is 4.39 Å². The lowest BCUT2D eigenvalue weighted by atomic mass is 9.98. The second-order valence-corrected chi connectivity index (χ2v) is 5.48. The van der Waals surface area contributed by atoms with Crippen LogP contribution >= 0.6 is 11.6 Å². The van der Waals surface area contributed by atoms with Crippen LogP contribution in [-0.4, -0.2) is 16.6 Å². The maximum atomic E-state index is 13.8. The number of phenolic OH excluding ortho intramolecular Hbond substituents is 1. The minimum absolute atomic E-state index is 0.277. The Morgan fingerprint density at radius 1 is 1.20 bits per heavy atom. The van der Waals surface area contributed by atoms with Crippen molar-refractivity contribution in [3.05, 3.63) is 63.9 Å². The smallest absolute Gasteiger partial charge is 0.129 e. The maximum Gasteiger partial charge on any atom is 0.129 e. The van der Waals surface area contributed by atoms with E-state index in [0.29, 0.717) is 29.4 Å². The predicted molar refractivity (Wildman–Crippen MR) is 77.3 cm³/mol. The minimum atomic E-state index is -0.277. The van der Waals surface area contributed by atoms with E-state index in [-0.39, 0.29) is 5.82 Å². The van der Waals surface area contributed by atoms with Gasteiger partial charge >= 0.3 is 0 Å². The molecule has 104 valence electrons. The molecule has 4 heteroatoms. The van der Waals surface area contributed by atoms with Crippen LogP contribution in [0.4, 0.5) is 4.39 Å². The summed E-state index contributed by atoms with van der Waals surface area (Å²) in [5.41, 5.74) is 2.63. The Morgan fingerprint density at radius 3 is 2.80 bits per heavy atom. The highest BCUT2D eigenvalue weighted by atomic mass is 35.5. The van der Waals surface area contributed by atoms with E-state index in [1.165, 1.54) is 11.6 Å². The second-order valence-electron chi connectivity index (χ2n) is 5.08. The van der Waals surface area contributed by atoms with Crippen molar-refractivity contribution < 1.29 is 9.50 Å². The molecule has 1 heterocycles. The molecule has 2 nitrogen and oxygen atoms in total. The van der Waals surface area contributed by atoms with E-state index in [1.807, 2.05) is 12.1 Å². The van der Waals surface area contributed by atoms with Gasteiger partial charge in [-0.15, -0.1) is 0 Å². The Bertz CT molecular complexity index is 624. The molecule has 0 radical (unpaired) electrons. The van der Waals surface area contributed by atoms with Gasteiger partial charge in [0.1, 0.15) is 11.6 Å². The molecule has 0 unspecified atom stereocenters. The molecular weight excluding hydrogens is 277 g/mol. The lowest BCUT2D eigenvalue weighted by Gasteiger charge is -2.29. The Balaban J connectivity index is 1.83. The highest BCUT2D eigenvalue weighted by Gasteiger charge is 2.20. The Labute approximate surface area is 122 Å². The molecule has 0 saturated carbocycles. The summed E-state index contributed by atoms with van der Waals surface area (Å²) in [6.45, 7) is 1.91. The van der Waals surface area contributed by atoms with E-state index >= 15 is 0 Å². The average molecular weight is 292 g/mol. The van der Waals surface area contributed by atoms with Crippen molar-refractivity contribution in [3.8, 4) is 5.75 Å². The first-order valence-corrected chi connectivity index (χ1v) is 6.98. The third-order valence-corrected chi connectivity index (χ3v) is 4.12. The van der Waals surface area contributed by atoms with Gasteiger partial charge in [0, 0.05) is 35.8 Å². The number of phenols is 1. The fourth-order valence-electron chi connectivity index (χ4n) is 2.66. The van der Waals surface area contributed by atoms with Crippen LogP contribution in [-0.2, 0) is 19.5 Å². The van der Waals surface area contributed by atoms with Crippen molar-refractivity contribution in [2.24, 2.45) is 0 Å². The molecule has 0 saturated heterocycles. The first-order valence-electron chi connectivity index (χ1n) is 6.60. The topological polar surface area (TPSA) is 23.5 Å². The standard InChI is InChI=1S/C16H15ClFNO/c17-14-4-2-5-15(18)13(14)10-19-8-7-11-3-1-6-16(20)12(11)9-19/h1-6,20H,7-10H2. The van der Waals surface area contributed by atoms with Crippen LogP contribution in [0.3, 0.4) is 0 Å². The largest absolute Gasteiger partial charge is 0.508 e. The molecule has 0 amide bonds. The predicted octanol–water partition coefficient (Wildman–Crippen LogP) is 3.74. The SMILES string of the molecule is Oc1cccc2c1CN(Cc1c(F)cccc1Cl)CC2. The highest BCUT2D eigenvalue weighted by Crippen LogP contribution is 2.29. The van der Waals surface area contributed by atoms with Crippen molar-refractivity contribution in [1.29, 1.82) is 0 Å². The number of hydrogen-bond acceptors (Lipinski definition) is 2. The van der Waals surface area contributed by atoms with Gasteiger partial charge in [0.2, 0.25) is 0 Å². The Morgan fingerprint density at radius 2 is 2.00 bits per heavy atom. The van der Waals surface area contributed by atoms with Crippen molar-refractivity contribution in [1.82, 2.24) is 4.90 Å². The molecule has 1 N–H and O–H groups in total. The molecule has 0 bridgehead atoms. The van der Waals surface area contributed by atoms with E-state index < -0.39 is 0 Å². The zero-order valence-corrected chi connectivity index (χ0v) is 11.7. The van der Waals surface area contributed by atoms with Crippen molar-refractivity contribution in [2.75, 3.05) is 6.54 Å². The monoisotopic (exact) mass is 291 g/mol. The summed E-state index contributed by atoms with van der Waals surface area (Å²) in [5.74, 6) is 0.0346. The van der Waals surface area contributed by atoms with Crippen LogP contribution in [0.1, 0.15) is 16.7 Å². The van der Waals surface area contributed by atoms with Crippen LogP contribution in [0.25, 0.3) is 0 Å². The van der Waals surface area contributed by atoms with Crippen LogP contribution in [0.2, 0.25) is 5.02 Å². The lowest BCUT2D eigenvalue weighted by molar-refractivity contribution is 0.238. The van der Waals surface area contributed by atoms with Gasteiger partial charge in [0.05, 0.1) is 0 Å². The molecule has 0 aliphatic carbocycles. The number of fused-ring (bicyclic) bond motifs is 1. The molecule has 1 aliphatic rings. The molecule has 2 aromatic rings. The third kappa shape index (κ3) is 2.51.